The zero-order valence-corrected chi connectivity index (χ0v) is 11.3. The topological polar surface area (TPSA) is 56.1 Å². The molecule has 0 bridgehead atoms. The highest BCUT2D eigenvalue weighted by molar-refractivity contribution is 9.10. The van der Waals surface area contributed by atoms with E-state index in [0.717, 1.165) is 10.2 Å². The van der Waals surface area contributed by atoms with Crippen LogP contribution in [0.4, 0.5) is 5.69 Å². The molecule has 18 heavy (non-hydrogen) atoms. The van der Waals surface area contributed by atoms with Crippen LogP contribution in [0.25, 0.3) is 0 Å². The van der Waals surface area contributed by atoms with Crippen LogP contribution in [-0.4, -0.2) is 22.3 Å². The number of anilines is 1. The SMILES string of the molecule is Cn1cc(OCC(=O)Nc2cccc(Br)c2)cn1. The number of hydrogen-bond donors (Lipinski definition) is 1. The number of ether oxygens (including phenoxy) is 1. The molecule has 1 heterocycles. The summed E-state index contributed by atoms with van der Waals surface area (Å²) in [4.78, 5) is 11.6. The Morgan fingerprint density at radius 2 is 2.39 bits per heavy atom. The van der Waals surface area contributed by atoms with Crippen LogP contribution in [0.3, 0.4) is 0 Å². The Balaban J connectivity index is 1.85. The van der Waals surface area contributed by atoms with Gasteiger partial charge in [-0.2, -0.15) is 5.10 Å². The van der Waals surface area contributed by atoms with Gasteiger partial charge in [-0.1, -0.05) is 22.0 Å². The van der Waals surface area contributed by atoms with Crippen molar-refractivity contribution in [1.82, 2.24) is 9.78 Å². The van der Waals surface area contributed by atoms with E-state index >= 15 is 0 Å². The highest BCUT2D eigenvalue weighted by Gasteiger charge is 2.04. The third kappa shape index (κ3) is 3.59. The van der Waals surface area contributed by atoms with Crippen molar-refractivity contribution in [2.24, 2.45) is 7.05 Å². The number of halogens is 1. The molecule has 2 aromatic rings. The van der Waals surface area contributed by atoms with Crippen molar-refractivity contribution in [2.75, 3.05) is 11.9 Å². The molecule has 0 radical (unpaired) electrons. The molecule has 0 aliphatic heterocycles. The van der Waals surface area contributed by atoms with Crippen molar-refractivity contribution >= 4 is 27.5 Å². The highest BCUT2D eigenvalue weighted by Crippen LogP contribution is 2.15. The fraction of sp³-hybridized carbons (Fsp3) is 0.167. The molecule has 0 spiro atoms. The van der Waals surface area contributed by atoms with Gasteiger partial charge in [0, 0.05) is 17.2 Å². The maximum atomic E-state index is 11.6. The van der Waals surface area contributed by atoms with E-state index in [4.69, 9.17) is 4.74 Å². The standard InChI is InChI=1S/C12H12BrN3O2/c1-16-7-11(6-14-16)18-8-12(17)15-10-4-2-3-9(13)5-10/h2-7H,8H2,1H3,(H,15,17). The van der Waals surface area contributed by atoms with Crippen molar-refractivity contribution in [1.29, 1.82) is 0 Å². The molecule has 5 nitrogen and oxygen atoms in total. The molecule has 0 fully saturated rings. The molecule has 0 aliphatic rings. The van der Waals surface area contributed by atoms with Gasteiger partial charge in [0.2, 0.25) is 0 Å². The van der Waals surface area contributed by atoms with E-state index in [0.29, 0.717) is 5.75 Å². The monoisotopic (exact) mass is 309 g/mol. The van der Waals surface area contributed by atoms with Crippen molar-refractivity contribution in [2.45, 2.75) is 0 Å². The molecule has 0 aliphatic carbocycles. The molecule has 1 amide bonds. The number of aromatic nitrogens is 2. The lowest BCUT2D eigenvalue weighted by atomic mass is 10.3. The Hall–Kier alpha value is -1.82. The fourth-order valence-electron chi connectivity index (χ4n) is 1.39. The zero-order valence-electron chi connectivity index (χ0n) is 9.76. The Morgan fingerprint density at radius 1 is 1.56 bits per heavy atom. The second-order valence-electron chi connectivity index (χ2n) is 3.70. The Labute approximate surface area is 113 Å². The fourth-order valence-corrected chi connectivity index (χ4v) is 1.78. The Kier molecular flexibility index (Phi) is 3.99. The molecule has 0 atom stereocenters. The molecular weight excluding hydrogens is 298 g/mol. The summed E-state index contributed by atoms with van der Waals surface area (Å²) < 4.78 is 7.81. The summed E-state index contributed by atoms with van der Waals surface area (Å²) in [7, 11) is 1.79. The van der Waals surface area contributed by atoms with Crippen molar-refractivity contribution in [3.8, 4) is 5.75 Å². The first kappa shape index (κ1) is 12.6. The number of rotatable bonds is 4. The first-order valence-corrected chi connectivity index (χ1v) is 6.09. The summed E-state index contributed by atoms with van der Waals surface area (Å²) in [5.41, 5.74) is 0.726. The van der Waals surface area contributed by atoms with Gasteiger partial charge in [-0.25, -0.2) is 0 Å². The minimum atomic E-state index is -0.211. The van der Waals surface area contributed by atoms with Crippen molar-refractivity contribution in [3.05, 3.63) is 41.1 Å². The summed E-state index contributed by atoms with van der Waals surface area (Å²) in [6.07, 6.45) is 3.26. The molecule has 2 rings (SSSR count). The van der Waals surface area contributed by atoms with Gasteiger partial charge >= 0.3 is 0 Å². The first-order chi connectivity index (χ1) is 8.63. The average molecular weight is 310 g/mol. The number of amides is 1. The molecule has 1 aromatic carbocycles. The second kappa shape index (κ2) is 5.68. The van der Waals surface area contributed by atoms with Gasteiger partial charge < -0.3 is 10.1 Å². The molecule has 0 saturated heterocycles. The largest absolute Gasteiger partial charge is 0.480 e. The lowest BCUT2D eigenvalue weighted by Crippen LogP contribution is -2.19. The van der Waals surface area contributed by atoms with E-state index in [1.165, 1.54) is 0 Å². The first-order valence-electron chi connectivity index (χ1n) is 5.30. The summed E-state index contributed by atoms with van der Waals surface area (Å²) in [5.74, 6) is 0.360. The van der Waals surface area contributed by atoms with E-state index in [9.17, 15) is 4.79 Å². The quantitative estimate of drug-likeness (QED) is 0.942. The maximum absolute atomic E-state index is 11.6. The predicted octanol–water partition coefficient (Wildman–Crippen LogP) is 2.20. The number of carbonyl (C=O) groups is 1. The van der Waals surface area contributed by atoms with E-state index in [1.54, 1.807) is 24.1 Å². The van der Waals surface area contributed by atoms with Gasteiger partial charge in [0.05, 0.1) is 12.4 Å². The average Bonchev–Trinajstić information content (AvgIpc) is 2.73. The highest BCUT2D eigenvalue weighted by atomic mass is 79.9. The van der Waals surface area contributed by atoms with Crippen LogP contribution in [-0.2, 0) is 11.8 Å². The summed E-state index contributed by atoms with van der Waals surface area (Å²) in [6.45, 7) is -0.0434. The molecule has 0 unspecified atom stereocenters. The summed E-state index contributed by atoms with van der Waals surface area (Å²) >= 11 is 3.34. The second-order valence-corrected chi connectivity index (χ2v) is 4.61. The van der Waals surface area contributed by atoms with Gasteiger partial charge in [0.1, 0.15) is 0 Å². The summed E-state index contributed by atoms with van der Waals surface area (Å²) in [5, 5.41) is 6.68. The van der Waals surface area contributed by atoms with Crippen LogP contribution in [0, 0.1) is 0 Å². The number of carbonyl (C=O) groups excluding carboxylic acids is 1. The number of aryl methyl sites for hydroxylation is 1. The van der Waals surface area contributed by atoms with Crippen LogP contribution in [0.15, 0.2) is 41.1 Å². The minimum Gasteiger partial charge on any atom is -0.480 e. The third-order valence-corrected chi connectivity index (χ3v) is 2.65. The molecule has 0 saturated carbocycles. The normalized spacial score (nSPS) is 10.1. The lowest BCUT2D eigenvalue weighted by Gasteiger charge is -2.06. The zero-order chi connectivity index (χ0) is 13.0. The number of benzene rings is 1. The van der Waals surface area contributed by atoms with Gasteiger partial charge in [-0.05, 0) is 18.2 Å². The third-order valence-electron chi connectivity index (χ3n) is 2.16. The van der Waals surface area contributed by atoms with Crippen LogP contribution >= 0.6 is 15.9 Å². The van der Waals surface area contributed by atoms with E-state index in [2.05, 4.69) is 26.3 Å². The Bertz CT molecular complexity index is 554. The molecule has 1 N–H and O–H groups in total. The summed E-state index contributed by atoms with van der Waals surface area (Å²) in [6, 6.07) is 7.37. The van der Waals surface area contributed by atoms with Gasteiger partial charge in [-0.3, -0.25) is 9.48 Å². The lowest BCUT2D eigenvalue weighted by molar-refractivity contribution is -0.118. The predicted molar refractivity (Wildman–Crippen MR) is 71.5 cm³/mol. The number of nitrogens with zero attached hydrogens (tertiary/aromatic N) is 2. The molecule has 94 valence electrons. The van der Waals surface area contributed by atoms with Crippen LogP contribution in [0.5, 0.6) is 5.75 Å². The van der Waals surface area contributed by atoms with Gasteiger partial charge in [-0.15, -0.1) is 0 Å². The number of hydrogen-bond acceptors (Lipinski definition) is 3. The Morgan fingerprint density at radius 3 is 3.06 bits per heavy atom. The maximum Gasteiger partial charge on any atom is 0.262 e. The molecule has 6 heteroatoms. The van der Waals surface area contributed by atoms with Crippen LogP contribution in [0.2, 0.25) is 0 Å². The van der Waals surface area contributed by atoms with Crippen molar-refractivity contribution in [3.63, 3.8) is 0 Å². The van der Waals surface area contributed by atoms with E-state index < -0.39 is 0 Å². The van der Waals surface area contributed by atoms with Crippen LogP contribution < -0.4 is 10.1 Å². The minimum absolute atomic E-state index is 0.0434. The van der Waals surface area contributed by atoms with Crippen LogP contribution in [0.1, 0.15) is 0 Å². The van der Waals surface area contributed by atoms with Crippen molar-refractivity contribution < 1.29 is 9.53 Å². The van der Waals surface area contributed by atoms with Gasteiger partial charge in [0.25, 0.3) is 5.91 Å². The smallest absolute Gasteiger partial charge is 0.262 e. The van der Waals surface area contributed by atoms with E-state index in [-0.39, 0.29) is 12.5 Å². The number of nitrogens with one attached hydrogen (secondary N) is 1. The van der Waals surface area contributed by atoms with Gasteiger partial charge in [0.15, 0.2) is 12.4 Å². The molecular formula is C12H12BrN3O2. The van der Waals surface area contributed by atoms with E-state index in [1.807, 2.05) is 24.3 Å². The molecule has 1 aromatic heterocycles.